The molecule has 3 N–H and O–H groups in total. The number of aromatic nitrogens is 1. The van der Waals surface area contributed by atoms with Crippen LogP contribution in [0.3, 0.4) is 0 Å². The van der Waals surface area contributed by atoms with Gasteiger partial charge < -0.3 is 11.1 Å². The fourth-order valence-corrected chi connectivity index (χ4v) is 2.78. The fraction of sp³-hybridized carbons (Fsp3) is 0.316. The predicted octanol–water partition coefficient (Wildman–Crippen LogP) is 4.15. The van der Waals surface area contributed by atoms with Crippen LogP contribution in [0.2, 0.25) is 0 Å². The quantitative estimate of drug-likeness (QED) is 0.787. The summed E-state index contributed by atoms with van der Waals surface area (Å²) in [6, 6.07) is 8.27. The van der Waals surface area contributed by atoms with Crippen molar-refractivity contribution in [3.8, 4) is 0 Å². The first-order chi connectivity index (χ1) is 10.8. The Morgan fingerprint density at radius 1 is 1.27 bits per heavy atom. The lowest BCUT2D eigenvalue weighted by Gasteiger charge is -2.16. The lowest BCUT2D eigenvalue weighted by Crippen LogP contribution is -2.04. The van der Waals surface area contributed by atoms with E-state index in [1.807, 2.05) is 19.2 Å². The highest BCUT2D eigenvalue weighted by atomic mass is 14.8. The van der Waals surface area contributed by atoms with Crippen LogP contribution in [0.25, 0.3) is 16.5 Å². The Hall–Kier alpha value is -2.13. The number of fused-ring (bicyclic) bond motifs is 1. The maximum atomic E-state index is 5.62. The molecule has 0 bridgehead atoms. The van der Waals surface area contributed by atoms with Crippen molar-refractivity contribution in [2.75, 3.05) is 18.9 Å². The van der Waals surface area contributed by atoms with Crippen LogP contribution < -0.4 is 11.1 Å². The van der Waals surface area contributed by atoms with Gasteiger partial charge in [-0.1, -0.05) is 50.3 Å². The summed E-state index contributed by atoms with van der Waals surface area (Å²) in [7, 11) is 1.98. The Morgan fingerprint density at radius 2 is 2.05 bits per heavy atom. The molecule has 0 unspecified atom stereocenters. The van der Waals surface area contributed by atoms with Crippen LogP contribution in [0.1, 0.15) is 31.5 Å². The van der Waals surface area contributed by atoms with Crippen molar-refractivity contribution < 1.29 is 0 Å². The lowest BCUT2D eigenvalue weighted by molar-refractivity contribution is 1.10. The average molecular weight is 295 g/mol. The van der Waals surface area contributed by atoms with Crippen molar-refractivity contribution in [2.45, 2.75) is 26.7 Å². The molecule has 0 aliphatic carbocycles. The van der Waals surface area contributed by atoms with Crippen LogP contribution >= 0.6 is 0 Å². The van der Waals surface area contributed by atoms with Crippen LogP contribution in [0.5, 0.6) is 0 Å². The van der Waals surface area contributed by atoms with Crippen molar-refractivity contribution in [1.82, 2.24) is 4.98 Å². The van der Waals surface area contributed by atoms with Gasteiger partial charge in [0.1, 0.15) is 0 Å². The monoisotopic (exact) mass is 295 g/mol. The molecule has 0 spiro atoms. The highest BCUT2D eigenvalue weighted by Gasteiger charge is 2.14. The van der Waals surface area contributed by atoms with Crippen LogP contribution in [-0.4, -0.2) is 18.6 Å². The van der Waals surface area contributed by atoms with E-state index in [-0.39, 0.29) is 0 Å². The highest BCUT2D eigenvalue weighted by Crippen LogP contribution is 2.32. The van der Waals surface area contributed by atoms with E-state index in [1.54, 1.807) is 0 Å². The second-order valence-corrected chi connectivity index (χ2v) is 5.14. The third-order valence-corrected chi connectivity index (χ3v) is 3.73. The summed E-state index contributed by atoms with van der Waals surface area (Å²) >= 11 is 0. The van der Waals surface area contributed by atoms with Crippen molar-refractivity contribution in [3.63, 3.8) is 0 Å². The van der Waals surface area contributed by atoms with Gasteiger partial charge in [0.25, 0.3) is 0 Å². The van der Waals surface area contributed by atoms with E-state index in [2.05, 4.69) is 49.5 Å². The van der Waals surface area contributed by atoms with Gasteiger partial charge in [-0.25, -0.2) is 4.98 Å². The first-order valence-corrected chi connectivity index (χ1v) is 7.93. The third kappa shape index (κ3) is 3.20. The zero-order valence-corrected chi connectivity index (χ0v) is 13.7. The van der Waals surface area contributed by atoms with E-state index in [9.17, 15) is 0 Å². The molecule has 1 heterocycles. The number of allylic oxidation sites excluding steroid dienone is 3. The number of hydrogen-bond acceptors (Lipinski definition) is 3. The Labute approximate surface area is 132 Å². The molecule has 0 atom stereocenters. The summed E-state index contributed by atoms with van der Waals surface area (Å²) in [6.45, 7) is 4.85. The minimum Gasteiger partial charge on any atom is -0.387 e. The summed E-state index contributed by atoms with van der Waals surface area (Å²) in [4.78, 5) is 4.93. The van der Waals surface area contributed by atoms with Gasteiger partial charge >= 0.3 is 0 Å². The number of pyridine rings is 1. The molecule has 0 saturated carbocycles. The maximum absolute atomic E-state index is 5.62. The maximum Gasteiger partial charge on any atom is 0.0758 e. The average Bonchev–Trinajstić information content (AvgIpc) is 2.56. The molecule has 0 aliphatic rings. The van der Waals surface area contributed by atoms with Gasteiger partial charge in [0.15, 0.2) is 0 Å². The van der Waals surface area contributed by atoms with Crippen molar-refractivity contribution in [3.05, 3.63) is 53.8 Å². The topological polar surface area (TPSA) is 50.9 Å². The Morgan fingerprint density at radius 3 is 2.68 bits per heavy atom. The first kappa shape index (κ1) is 16.2. The SMILES string of the molecule is CC/C=C(\C=C/CN)c1nc2ccccc2c(NC)c1CC. The van der Waals surface area contributed by atoms with Gasteiger partial charge in [-0.2, -0.15) is 0 Å². The number of rotatable bonds is 6. The Bertz CT molecular complexity index is 699. The van der Waals surface area contributed by atoms with E-state index in [0.29, 0.717) is 6.54 Å². The van der Waals surface area contributed by atoms with Crippen molar-refractivity contribution >= 4 is 22.2 Å². The molecule has 0 radical (unpaired) electrons. The summed E-state index contributed by atoms with van der Waals surface area (Å²) in [5, 5.41) is 4.54. The van der Waals surface area contributed by atoms with E-state index in [0.717, 1.165) is 29.6 Å². The molecule has 0 fully saturated rings. The van der Waals surface area contributed by atoms with Gasteiger partial charge in [-0.05, 0) is 24.5 Å². The summed E-state index contributed by atoms with van der Waals surface area (Å²) in [6.07, 6.45) is 8.18. The molecule has 22 heavy (non-hydrogen) atoms. The molecule has 1 aromatic heterocycles. The van der Waals surface area contributed by atoms with E-state index in [1.165, 1.54) is 16.6 Å². The van der Waals surface area contributed by atoms with Gasteiger partial charge in [0.2, 0.25) is 0 Å². The molecule has 0 aliphatic heterocycles. The summed E-state index contributed by atoms with van der Waals surface area (Å²) in [5.74, 6) is 0. The van der Waals surface area contributed by atoms with Gasteiger partial charge in [0, 0.05) is 30.2 Å². The van der Waals surface area contributed by atoms with Gasteiger partial charge in [0.05, 0.1) is 11.2 Å². The normalized spacial score (nSPS) is 12.3. The van der Waals surface area contributed by atoms with Gasteiger partial charge in [-0.15, -0.1) is 0 Å². The Kier molecular flexibility index (Phi) is 5.73. The largest absolute Gasteiger partial charge is 0.387 e. The van der Waals surface area contributed by atoms with E-state index in [4.69, 9.17) is 10.7 Å². The number of anilines is 1. The molecule has 0 amide bonds. The minimum absolute atomic E-state index is 0.537. The van der Waals surface area contributed by atoms with E-state index < -0.39 is 0 Å². The molecule has 3 nitrogen and oxygen atoms in total. The van der Waals surface area contributed by atoms with Crippen molar-refractivity contribution in [2.24, 2.45) is 5.73 Å². The zero-order chi connectivity index (χ0) is 15.9. The first-order valence-electron chi connectivity index (χ1n) is 7.93. The highest BCUT2D eigenvalue weighted by molar-refractivity contribution is 5.96. The number of nitrogens with zero attached hydrogens (tertiary/aromatic N) is 1. The molecule has 2 aromatic rings. The molecule has 0 saturated heterocycles. The smallest absolute Gasteiger partial charge is 0.0758 e. The standard InChI is InChI=1S/C19H25N3/c1-4-9-14(10-8-13-20)18-15(5-2)19(21-3)16-11-6-7-12-17(16)22-18/h6-12H,4-5,13,20H2,1-3H3,(H,21,22)/b10-8-,14-9+. The lowest BCUT2D eigenvalue weighted by atomic mass is 9.98. The van der Waals surface area contributed by atoms with Crippen LogP contribution in [-0.2, 0) is 6.42 Å². The zero-order valence-electron chi connectivity index (χ0n) is 13.7. The molecule has 3 heteroatoms. The molecule has 2 rings (SSSR count). The summed E-state index contributed by atoms with van der Waals surface area (Å²) < 4.78 is 0. The second kappa shape index (κ2) is 7.76. The van der Waals surface area contributed by atoms with Gasteiger partial charge in [-0.3, -0.25) is 0 Å². The Balaban J connectivity index is 2.76. The van der Waals surface area contributed by atoms with Crippen molar-refractivity contribution in [1.29, 1.82) is 0 Å². The molecular formula is C19H25N3. The second-order valence-electron chi connectivity index (χ2n) is 5.14. The molecule has 1 aromatic carbocycles. The van der Waals surface area contributed by atoms with Crippen LogP contribution in [0.4, 0.5) is 5.69 Å². The predicted molar refractivity (Wildman–Crippen MR) is 97.1 cm³/mol. The number of hydrogen-bond donors (Lipinski definition) is 2. The fourth-order valence-electron chi connectivity index (χ4n) is 2.78. The van der Waals surface area contributed by atoms with Crippen LogP contribution in [0.15, 0.2) is 42.5 Å². The summed E-state index contributed by atoms with van der Waals surface area (Å²) in [5.41, 5.74) is 11.3. The molecule has 116 valence electrons. The van der Waals surface area contributed by atoms with E-state index >= 15 is 0 Å². The number of nitrogens with one attached hydrogen (secondary N) is 1. The number of nitrogens with two attached hydrogens (primary N) is 1. The molecular weight excluding hydrogens is 270 g/mol. The van der Waals surface area contributed by atoms with Crippen LogP contribution in [0, 0.1) is 0 Å². The minimum atomic E-state index is 0.537. The number of para-hydroxylation sites is 1. The number of benzene rings is 1. The third-order valence-electron chi connectivity index (χ3n) is 3.73.